The van der Waals surface area contributed by atoms with Gasteiger partial charge in [0, 0.05) is 11.4 Å². The van der Waals surface area contributed by atoms with Crippen LogP contribution in [0.15, 0.2) is 17.5 Å². The number of hydrogen-bond donors (Lipinski definition) is 2. The summed E-state index contributed by atoms with van der Waals surface area (Å²) in [6.45, 7) is 6.18. The van der Waals surface area contributed by atoms with Crippen LogP contribution in [-0.2, 0) is 16.0 Å². The smallest absolute Gasteiger partial charge is 0.308 e. The predicted molar refractivity (Wildman–Crippen MR) is 76.2 cm³/mol. The largest absolute Gasteiger partial charge is 0.481 e. The van der Waals surface area contributed by atoms with E-state index in [4.69, 9.17) is 5.11 Å². The van der Waals surface area contributed by atoms with Crippen molar-refractivity contribution < 1.29 is 14.7 Å². The Balaban J connectivity index is 2.43. The molecule has 1 aromatic heterocycles. The highest BCUT2D eigenvalue weighted by Gasteiger charge is 2.24. The van der Waals surface area contributed by atoms with E-state index in [1.807, 2.05) is 38.3 Å². The maximum atomic E-state index is 11.7. The Morgan fingerprint density at radius 2 is 2.11 bits per heavy atom. The van der Waals surface area contributed by atoms with Crippen molar-refractivity contribution in [2.24, 2.45) is 11.3 Å². The van der Waals surface area contributed by atoms with Crippen LogP contribution >= 0.6 is 11.3 Å². The maximum absolute atomic E-state index is 11.7. The molecule has 0 aromatic carbocycles. The standard InChI is InChI=1S/C14H21NO3S/c1-14(2,3)8-10(13(17)18)9-15-12(16)7-11-5-4-6-19-11/h4-6,10H,7-9H2,1-3H3,(H,15,16)(H,17,18). The van der Waals surface area contributed by atoms with E-state index in [-0.39, 0.29) is 17.9 Å². The maximum Gasteiger partial charge on any atom is 0.308 e. The molecule has 19 heavy (non-hydrogen) atoms. The number of nitrogens with one attached hydrogen (secondary N) is 1. The van der Waals surface area contributed by atoms with Crippen LogP contribution in [0.3, 0.4) is 0 Å². The number of aliphatic carboxylic acids is 1. The lowest BCUT2D eigenvalue weighted by molar-refractivity contribution is -0.142. The summed E-state index contributed by atoms with van der Waals surface area (Å²) < 4.78 is 0. The number of carboxylic acid groups (broad SMARTS) is 1. The second-order valence-corrected chi connectivity index (χ2v) is 6.89. The molecule has 0 saturated heterocycles. The lowest BCUT2D eigenvalue weighted by atomic mass is 9.84. The molecule has 0 aliphatic rings. The van der Waals surface area contributed by atoms with Gasteiger partial charge in [0.25, 0.3) is 0 Å². The molecule has 4 nitrogen and oxygen atoms in total. The van der Waals surface area contributed by atoms with Crippen molar-refractivity contribution in [2.45, 2.75) is 33.6 Å². The van der Waals surface area contributed by atoms with Gasteiger partial charge in [-0.2, -0.15) is 0 Å². The number of rotatable bonds is 6. The van der Waals surface area contributed by atoms with E-state index in [9.17, 15) is 9.59 Å². The van der Waals surface area contributed by atoms with Gasteiger partial charge in [0.2, 0.25) is 5.91 Å². The predicted octanol–water partition coefficient (Wildman–Crippen LogP) is 2.54. The van der Waals surface area contributed by atoms with Crippen molar-refractivity contribution in [3.63, 3.8) is 0 Å². The molecular formula is C14H21NO3S. The Morgan fingerprint density at radius 1 is 1.42 bits per heavy atom. The third-order valence-corrected chi connectivity index (χ3v) is 3.54. The van der Waals surface area contributed by atoms with Gasteiger partial charge in [-0.25, -0.2) is 0 Å². The van der Waals surface area contributed by atoms with Crippen LogP contribution in [0.4, 0.5) is 0 Å². The van der Waals surface area contributed by atoms with Gasteiger partial charge in [-0.3, -0.25) is 9.59 Å². The summed E-state index contributed by atoms with van der Waals surface area (Å²) in [7, 11) is 0. The Bertz CT molecular complexity index is 420. The normalized spacial score (nSPS) is 13.0. The first-order valence-electron chi connectivity index (χ1n) is 6.30. The minimum atomic E-state index is -0.855. The molecule has 0 spiro atoms. The van der Waals surface area contributed by atoms with Gasteiger partial charge in [0.15, 0.2) is 0 Å². The van der Waals surface area contributed by atoms with Crippen molar-refractivity contribution in [1.82, 2.24) is 5.32 Å². The molecule has 0 saturated carbocycles. The van der Waals surface area contributed by atoms with Gasteiger partial charge in [0.1, 0.15) is 0 Å². The minimum Gasteiger partial charge on any atom is -0.481 e. The Labute approximate surface area is 117 Å². The van der Waals surface area contributed by atoms with E-state index >= 15 is 0 Å². The molecular weight excluding hydrogens is 262 g/mol. The summed E-state index contributed by atoms with van der Waals surface area (Å²) >= 11 is 1.52. The number of thiophene rings is 1. The molecule has 1 aromatic rings. The highest BCUT2D eigenvalue weighted by atomic mass is 32.1. The van der Waals surface area contributed by atoms with E-state index in [1.54, 1.807) is 0 Å². The average Bonchev–Trinajstić information content (AvgIpc) is 2.75. The van der Waals surface area contributed by atoms with Gasteiger partial charge in [0.05, 0.1) is 12.3 Å². The average molecular weight is 283 g/mol. The number of hydrogen-bond acceptors (Lipinski definition) is 3. The third kappa shape index (κ3) is 6.38. The van der Waals surface area contributed by atoms with E-state index in [1.165, 1.54) is 11.3 Å². The monoisotopic (exact) mass is 283 g/mol. The summed E-state index contributed by atoms with van der Waals surface area (Å²) in [4.78, 5) is 23.8. The van der Waals surface area contributed by atoms with Crippen molar-refractivity contribution in [3.8, 4) is 0 Å². The lowest BCUT2D eigenvalue weighted by Crippen LogP contribution is -2.35. The van der Waals surface area contributed by atoms with Gasteiger partial charge in [-0.05, 0) is 23.3 Å². The van der Waals surface area contributed by atoms with E-state index in [0.717, 1.165) is 4.88 Å². The Morgan fingerprint density at radius 3 is 2.58 bits per heavy atom. The Kier molecular flexibility index (Phi) is 5.54. The molecule has 5 heteroatoms. The molecule has 0 aliphatic carbocycles. The number of carbonyl (C=O) groups is 2. The van der Waals surface area contributed by atoms with Crippen molar-refractivity contribution in [3.05, 3.63) is 22.4 Å². The zero-order valence-electron chi connectivity index (χ0n) is 11.6. The van der Waals surface area contributed by atoms with Crippen molar-refractivity contribution in [2.75, 3.05) is 6.54 Å². The first-order chi connectivity index (χ1) is 8.78. The molecule has 1 unspecified atom stereocenters. The van der Waals surface area contributed by atoms with Crippen LogP contribution in [0, 0.1) is 11.3 Å². The van der Waals surface area contributed by atoms with Crippen LogP contribution < -0.4 is 5.32 Å². The van der Waals surface area contributed by atoms with Gasteiger partial charge >= 0.3 is 5.97 Å². The van der Waals surface area contributed by atoms with Crippen LogP contribution in [0.25, 0.3) is 0 Å². The van der Waals surface area contributed by atoms with E-state index < -0.39 is 11.9 Å². The fraction of sp³-hybridized carbons (Fsp3) is 0.571. The number of carbonyl (C=O) groups excluding carboxylic acids is 1. The zero-order chi connectivity index (χ0) is 14.5. The number of amides is 1. The first-order valence-corrected chi connectivity index (χ1v) is 7.18. The SMILES string of the molecule is CC(C)(C)CC(CNC(=O)Cc1cccs1)C(=O)O. The second-order valence-electron chi connectivity index (χ2n) is 5.86. The van der Waals surface area contributed by atoms with Gasteiger partial charge in [-0.1, -0.05) is 26.8 Å². The molecule has 1 rings (SSSR count). The molecule has 0 aliphatic heterocycles. The first kappa shape index (κ1) is 15.7. The molecule has 0 fully saturated rings. The third-order valence-electron chi connectivity index (χ3n) is 2.67. The molecule has 106 valence electrons. The molecule has 1 heterocycles. The molecule has 0 bridgehead atoms. The van der Waals surface area contributed by atoms with Crippen LogP contribution in [0.5, 0.6) is 0 Å². The van der Waals surface area contributed by atoms with E-state index in [0.29, 0.717) is 12.8 Å². The molecule has 1 atom stereocenters. The van der Waals surface area contributed by atoms with Gasteiger partial charge < -0.3 is 10.4 Å². The molecule has 2 N–H and O–H groups in total. The fourth-order valence-electron chi connectivity index (χ4n) is 1.86. The van der Waals surface area contributed by atoms with Gasteiger partial charge in [-0.15, -0.1) is 11.3 Å². The van der Waals surface area contributed by atoms with Crippen molar-refractivity contribution in [1.29, 1.82) is 0 Å². The van der Waals surface area contributed by atoms with E-state index in [2.05, 4.69) is 5.32 Å². The fourth-order valence-corrected chi connectivity index (χ4v) is 2.56. The second kappa shape index (κ2) is 6.70. The summed E-state index contributed by atoms with van der Waals surface area (Å²) in [5.41, 5.74) is -0.0679. The summed E-state index contributed by atoms with van der Waals surface area (Å²) in [5, 5.41) is 13.8. The van der Waals surface area contributed by atoms with Crippen LogP contribution in [-0.4, -0.2) is 23.5 Å². The minimum absolute atomic E-state index is 0.0679. The topological polar surface area (TPSA) is 66.4 Å². The summed E-state index contributed by atoms with van der Waals surface area (Å²) in [5.74, 6) is -1.51. The summed E-state index contributed by atoms with van der Waals surface area (Å²) in [6.07, 6.45) is 0.862. The number of carboxylic acids is 1. The highest BCUT2D eigenvalue weighted by molar-refractivity contribution is 7.10. The lowest BCUT2D eigenvalue weighted by Gasteiger charge is -2.23. The molecule has 0 radical (unpaired) electrons. The van der Waals surface area contributed by atoms with Crippen LogP contribution in [0.2, 0.25) is 0 Å². The van der Waals surface area contributed by atoms with Crippen LogP contribution in [0.1, 0.15) is 32.1 Å². The molecule has 1 amide bonds. The zero-order valence-corrected chi connectivity index (χ0v) is 12.4. The summed E-state index contributed by atoms with van der Waals surface area (Å²) in [6, 6.07) is 3.79. The van der Waals surface area contributed by atoms with Crippen molar-refractivity contribution >= 4 is 23.2 Å². The highest BCUT2D eigenvalue weighted by Crippen LogP contribution is 2.24. The quantitative estimate of drug-likeness (QED) is 0.843. The Hall–Kier alpha value is -1.36.